The van der Waals surface area contributed by atoms with Crippen molar-refractivity contribution in [1.82, 2.24) is 10.2 Å². The second kappa shape index (κ2) is 10.5. The van der Waals surface area contributed by atoms with Crippen LogP contribution in [0.3, 0.4) is 0 Å². The first-order chi connectivity index (χ1) is 18.1. The monoisotopic (exact) mass is 576 g/mol. The van der Waals surface area contributed by atoms with Crippen molar-refractivity contribution in [3.63, 3.8) is 0 Å². The maximum atomic E-state index is 13.7. The van der Waals surface area contributed by atoms with E-state index in [4.69, 9.17) is 5.73 Å². The Morgan fingerprint density at radius 3 is 2.18 bits per heavy atom. The summed E-state index contributed by atoms with van der Waals surface area (Å²) in [6.45, 7) is 3.85. The number of fused-ring (bicyclic) bond motifs is 2. The Balaban J connectivity index is 1.53. The predicted molar refractivity (Wildman–Crippen MR) is 150 cm³/mol. The van der Waals surface area contributed by atoms with Crippen LogP contribution in [-0.4, -0.2) is 76.8 Å². The first kappa shape index (κ1) is 29.0. The molecule has 2 amide bonds. The van der Waals surface area contributed by atoms with E-state index in [1.54, 1.807) is 47.4 Å². The van der Waals surface area contributed by atoms with Crippen LogP contribution in [0.4, 0.5) is 5.69 Å². The number of carbonyl (C=O) groups is 2. The van der Waals surface area contributed by atoms with Crippen LogP contribution >= 0.6 is 0 Å². The zero-order valence-corrected chi connectivity index (χ0v) is 24.1. The first-order valence-corrected chi connectivity index (χ1v) is 16.5. The van der Waals surface area contributed by atoms with E-state index in [0.717, 1.165) is 5.56 Å². The van der Waals surface area contributed by atoms with Gasteiger partial charge in [-0.3, -0.25) is 13.9 Å². The highest BCUT2D eigenvalue weighted by Crippen LogP contribution is 2.47. The average Bonchev–Trinajstić information content (AvgIpc) is 3.18. The summed E-state index contributed by atoms with van der Waals surface area (Å²) < 4.78 is 52.6. The largest absolute Gasteiger partial charge is 0.342 e. The molecule has 39 heavy (non-hydrogen) atoms. The van der Waals surface area contributed by atoms with Crippen LogP contribution in [0, 0.1) is 0 Å². The second-order valence-electron chi connectivity index (χ2n) is 11.2. The van der Waals surface area contributed by atoms with Gasteiger partial charge < -0.3 is 16.0 Å². The molecule has 212 valence electrons. The summed E-state index contributed by atoms with van der Waals surface area (Å²) in [7, 11) is -7.25. The Bertz CT molecular complexity index is 1440. The molecule has 0 aliphatic carbocycles. The topological polar surface area (TPSA) is 147 Å². The third-order valence-corrected chi connectivity index (χ3v) is 10.2. The molecule has 12 heteroatoms. The Kier molecular flexibility index (Phi) is 7.85. The Labute approximate surface area is 230 Å². The number of hydrogen-bond donors (Lipinski definition) is 2. The fourth-order valence-electron chi connectivity index (χ4n) is 5.34. The van der Waals surface area contributed by atoms with Crippen LogP contribution in [0.5, 0.6) is 0 Å². The zero-order chi connectivity index (χ0) is 28.6. The van der Waals surface area contributed by atoms with Crippen molar-refractivity contribution in [1.29, 1.82) is 0 Å². The summed E-state index contributed by atoms with van der Waals surface area (Å²) in [5.41, 5.74) is 6.34. The lowest BCUT2D eigenvalue weighted by atomic mass is 9.74. The highest BCUT2D eigenvalue weighted by atomic mass is 32.2. The molecule has 3 N–H and O–H groups in total. The van der Waals surface area contributed by atoms with Gasteiger partial charge in [0, 0.05) is 25.0 Å². The van der Waals surface area contributed by atoms with Crippen LogP contribution < -0.4 is 15.4 Å². The molecule has 0 saturated carbocycles. The fourth-order valence-corrected chi connectivity index (χ4v) is 7.89. The van der Waals surface area contributed by atoms with Crippen molar-refractivity contribution >= 4 is 37.4 Å². The number of carbonyl (C=O) groups excluding carboxylic acids is 2. The molecule has 10 nitrogen and oxygen atoms in total. The molecule has 2 aromatic rings. The molecule has 0 radical (unpaired) electrons. The lowest BCUT2D eigenvalue weighted by Gasteiger charge is -2.41. The summed E-state index contributed by atoms with van der Waals surface area (Å²) in [6, 6.07) is 14.8. The number of hydrogen-bond acceptors (Lipinski definition) is 7. The lowest BCUT2D eigenvalue weighted by Crippen LogP contribution is -2.59. The van der Waals surface area contributed by atoms with Crippen LogP contribution in [0.1, 0.15) is 37.8 Å². The summed E-state index contributed by atoms with van der Waals surface area (Å²) in [6.07, 6.45) is 2.19. The van der Waals surface area contributed by atoms with Crippen LogP contribution in [0.2, 0.25) is 0 Å². The SMILES string of the molecule is CC(C)(N)C(=O)NC(CS(=O)(=O)Cc1ccccc1)C(=O)N1CCC2(CC1)CN(S(C)(=O)=O)c1ccccc12. The van der Waals surface area contributed by atoms with Crippen molar-refractivity contribution in [3.8, 4) is 0 Å². The van der Waals surface area contributed by atoms with Crippen molar-refractivity contribution in [2.75, 3.05) is 35.9 Å². The van der Waals surface area contributed by atoms with Gasteiger partial charge in [-0.25, -0.2) is 16.8 Å². The molecular weight excluding hydrogens is 540 g/mol. The third-order valence-electron chi connectivity index (χ3n) is 7.46. The normalized spacial score (nSPS) is 18.1. The lowest BCUT2D eigenvalue weighted by molar-refractivity contribution is -0.138. The smallest absolute Gasteiger partial charge is 0.246 e. The molecule has 2 aliphatic rings. The maximum absolute atomic E-state index is 13.7. The molecule has 0 aromatic heterocycles. The Morgan fingerprint density at radius 2 is 1.59 bits per heavy atom. The highest BCUT2D eigenvalue weighted by molar-refractivity contribution is 7.92. The second-order valence-corrected chi connectivity index (χ2v) is 15.2. The summed E-state index contributed by atoms with van der Waals surface area (Å²) in [5.74, 6) is -1.95. The molecule has 1 atom stereocenters. The van der Waals surface area contributed by atoms with Crippen molar-refractivity contribution in [2.45, 2.75) is 49.4 Å². The van der Waals surface area contributed by atoms with Crippen molar-refractivity contribution in [3.05, 3.63) is 65.7 Å². The van der Waals surface area contributed by atoms with Crippen LogP contribution in [0.15, 0.2) is 54.6 Å². The van der Waals surface area contributed by atoms with Gasteiger partial charge in [-0.1, -0.05) is 48.5 Å². The quantitative estimate of drug-likeness (QED) is 0.479. The number of benzene rings is 2. The molecule has 1 spiro atoms. The molecule has 0 bridgehead atoms. The Hall–Kier alpha value is -2.96. The number of sulfone groups is 1. The molecule has 4 rings (SSSR count). The summed E-state index contributed by atoms with van der Waals surface area (Å²) in [4.78, 5) is 27.9. The molecule has 2 aromatic carbocycles. The van der Waals surface area contributed by atoms with Crippen molar-refractivity contribution in [2.24, 2.45) is 5.73 Å². The van der Waals surface area contributed by atoms with Gasteiger partial charge in [0.2, 0.25) is 21.8 Å². The van der Waals surface area contributed by atoms with E-state index in [-0.39, 0.29) is 5.75 Å². The van der Waals surface area contributed by atoms with E-state index in [0.29, 0.717) is 43.7 Å². The predicted octanol–water partition coefficient (Wildman–Crippen LogP) is 1.16. The molecule has 1 unspecified atom stereocenters. The molecular formula is C27H36N4O6S2. The van der Waals surface area contributed by atoms with E-state index in [2.05, 4.69) is 5.32 Å². The number of nitrogens with one attached hydrogen (secondary N) is 1. The van der Waals surface area contributed by atoms with Gasteiger partial charge in [-0.15, -0.1) is 0 Å². The summed E-state index contributed by atoms with van der Waals surface area (Å²) in [5, 5.41) is 2.58. The average molecular weight is 577 g/mol. The van der Waals surface area contributed by atoms with Gasteiger partial charge in [0.15, 0.2) is 9.84 Å². The maximum Gasteiger partial charge on any atom is 0.246 e. The van der Waals surface area contributed by atoms with Crippen molar-refractivity contribution < 1.29 is 26.4 Å². The Morgan fingerprint density at radius 1 is 1.00 bits per heavy atom. The number of para-hydroxylation sites is 1. The van der Waals surface area contributed by atoms with Gasteiger partial charge in [-0.05, 0) is 43.9 Å². The molecule has 1 fully saturated rings. The van der Waals surface area contributed by atoms with E-state index in [1.807, 2.05) is 12.1 Å². The number of nitrogens with zero attached hydrogens (tertiary/aromatic N) is 2. The number of piperidine rings is 1. The van der Waals surface area contributed by atoms with Gasteiger partial charge in [0.1, 0.15) is 6.04 Å². The number of likely N-dealkylation sites (tertiary alicyclic amines) is 1. The number of nitrogens with two attached hydrogens (primary N) is 1. The third kappa shape index (κ3) is 6.44. The molecule has 2 aliphatic heterocycles. The minimum Gasteiger partial charge on any atom is -0.342 e. The zero-order valence-electron chi connectivity index (χ0n) is 22.5. The molecule has 2 heterocycles. The van der Waals surface area contributed by atoms with Crippen LogP contribution in [0.25, 0.3) is 0 Å². The minimum absolute atomic E-state index is 0.263. The summed E-state index contributed by atoms with van der Waals surface area (Å²) >= 11 is 0. The van der Waals surface area contributed by atoms with E-state index < -0.39 is 54.4 Å². The molecule has 1 saturated heterocycles. The van der Waals surface area contributed by atoms with Gasteiger partial charge in [0.25, 0.3) is 0 Å². The number of amides is 2. The highest BCUT2D eigenvalue weighted by Gasteiger charge is 2.48. The van der Waals surface area contributed by atoms with E-state index >= 15 is 0 Å². The number of rotatable bonds is 8. The van der Waals surface area contributed by atoms with E-state index in [9.17, 15) is 26.4 Å². The standard InChI is InChI=1S/C27H36N4O6S2/c1-26(2,28)25(33)29-22(18-39(36,37)17-20-9-5-4-6-10-20)24(32)30-15-13-27(14-16-30)19-31(38(3,34)35)23-12-8-7-11-21(23)27/h4-12,22H,13-19,28H2,1-3H3,(H,29,33). The first-order valence-electron chi connectivity index (χ1n) is 12.8. The van der Waals surface area contributed by atoms with Gasteiger partial charge in [0.05, 0.1) is 29.0 Å². The fraction of sp³-hybridized carbons (Fsp3) is 0.481. The number of sulfonamides is 1. The van der Waals surface area contributed by atoms with Gasteiger partial charge >= 0.3 is 0 Å². The minimum atomic E-state index is -3.77. The van der Waals surface area contributed by atoms with E-state index in [1.165, 1.54) is 24.4 Å². The number of anilines is 1. The van der Waals surface area contributed by atoms with Crippen LogP contribution in [-0.2, 0) is 40.6 Å². The van der Waals surface area contributed by atoms with Gasteiger partial charge in [-0.2, -0.15) is 0 Å².